The Morgan fingerprint density at radius 3 is 2.56 bits per heavy atom. The number of pyridine rings is 1. The fourth-order valence-corrected chi connectivity index (χ4v) is 1.36. The van der Waals surface area contributed by atoms with E-state index in [2.05, 4.69) is 15.0 Å². The van der Waals surface area contributed by atoms with Gasteiger partial charge in [-0.15, -0.1) is 0 Å². The van der Waals surface area contributed by atoms with E-state index in [9.17, 15) is 4.79 Å². The van der Waals surface area contributed by atoms with Crippen LogP contribution in [0, 0.1) is 6.92 Å². The van der Waals surface area contributed by atoms with Gasteiger partial charge in [0.25, 0.3) is 0 Å². The van der Waals surface area contributed by atoms with Gasteiger partial charge in [-0.3, -0.25) is 0 Å². The minimum absolute atomic E-state index is 0.267. The number of carbonyl (C=O) groups excluding carboxylic acids is 1. The maximum atomic E-state index is 11.4. The SMILES string of the molecule is COC(=O)c1ccc(NCC(C)(C)OC)nc1C. The molecular formula is C13H20N2O3. The third-order valence-electron chi connectivity index (χ3n) is 2.74. The maximum Gasteiger partial charge on any atom is 0.339 e. The van der Waals surface area contributed by atoms with E-state index in [1.807, 2.05) is 13.8 Å². The van der Waals surface area contributed by atoms with E-state index >= 15 is 0 Å². The summed E-state index contributed by atoms with van der Waals surface area (Å²) < 4.78 is 9.97. The Bertz CT molecular complexity index is 430. The molecule has 1 aromatic heterocycles. The van der Waals surface area contributed by atoms with Gasteiger partial charge in [-0.05, 0) is 32.9 Å². The molecule has 5 nitrogen and oxygen atoms in total. The zero-order valence-corrected chi connectivity index (χ0v) is 11.5. The van der Waals surface area contributed by atoms with E-state index in [-0.39, 0.29) is 11.6 Å². The van der Waals surface area contributed by atoms with Gasteiger partial charge < -0.3 is 14.8 Å². The molecule has 0 spiro atoms. The number of carbonyl (C=O) groups is 1. The average molecular weight is 252 g/mol. The molecule has 0 aliphatic heterocycles. The molecule has 1 heterocycles. The Kier molecular flexibility index (Phi) is 4.67. The van der Waals surface area contributed by atoms with Crippen molar-refractivity contribution in [1.29, 1.82) is 0 Å². The number of ether oxygens (including phenoxy) is 2. The molecule has 5 heteroatoms. The second-order valence-electron chi connectivity index (χ2n) is 4.64. The Labute approximate surface area is 108 Å². The molecule has 18 heavy (non-hydrogen) atoms. The molecule has 0 aliphatic carbocycles. The third-order valence-corrected chi connectivity index (χ3v) is 2.74. The number of nitrogens with one attached hydrogen (secondary N) is 1. The number of hydrogen-bond acceptors (Lipinski definition) is 5. The van der Waals surface area contributed by atoms with Gasteiger partial charge in [-0.25, -0.2) is 9.78 Å². The molecule has 100 valence electrons. The second-order valence-corrected chi connectivity index (χ2v) is 4.64. The minimum Gasteiger partial charge on any atom is -0.465 e. The van der Waals surface area contributed by atoms with Crippen LogP contribution in [0.4, 0.5) is 5.82 Å². The normalized spacial score (nSPS) is 11.2. The molecule has 0 aromatic carbocycles. The van der Waals surface area contributed by atoms with Crippen molar-refractivity contribution in [1.82, 2.24) is 4.98 Å². The summed E-state index contributed by atoms with van der Waals surface area (Å²) in [6, 6.07) is 3.46. The van der Waals surface area contributed by atoms with Crippen molar-refractivity contribution in [3.05, 3.63) is 23.4 Å². The maximum absolute atomic E-state index is 11.4. The van der Waals surface area contributed by atoms with Crippen LogP contribution in [0.2, 0.25) is 0 Å². The zero-order chi connectivity index (χ0) is 13.8. The van der Waals surface area contributed by atoms with Crippen molar-refractivity contribution in [3.63, 3.8) is 0 Å². The summed E-state index contributed by atoms with van der Waals surface area (Å²) in [5.74, 6) is 0.342. The molecule has 1 N–H and O–H groups in total. The highest BCUT2D eigenvalue weighted by atomic mass is 16.5. The van der Waals surface area contributed by atoms with Crippen LogP contribution in [0.5, 0.6) is 0 Å². The highest BCUT2D eigenvalue weighted by Crippen LogP contribution is 2.14. The van der Waals surface area contributed by atoms with Crippen LogP contribution in [-0.2, 0) is 9.47 Å². The van der Waals surface area contributed by atoms with Crippen LogP contribution in [0.25, 0.3) is 0 Å². The second kappa shape index (κ2) is 5.82. The van der Waals surface area contributed by atoms with Crippen LogP contribution in [-0.4, -0.2) is 37.3 Å². The molecular weight excluding hydrogens is 232 g/mol. The standard InChI is InChI=1S/C13H20N2O3/c1-9-10(12(16)17-4)6-7-11(15-9)14-8-13(2,3)18-5/h6-7H,8H2,1-5H3,(H,14,15). The topological polar surface area (TPSA) is 60.5 Å². The van der Waals surface area contributed by atoms with Gasteiger partial charge in [0.05, 0.1) is 24.0 Å². The van der Waals surface area contributed by atoms with Crippen molar-refractivity contribution >= 4 is 11.8 Å². The summed E-state index contributed by atoms with van der Waals surface area (Å²) in [5.41, 5.74) is 0.854. The van der Waals surface area contributed by atoms with Crippen LogP contribution >= 0.6 is 0 Å². The quantitative estimate of drug-likeness (QED) is 0.812. The van der Waals surface area contributed by atoms with E-state index in [1.165, 1.54) is 7.11 Å². The smallest absolute Gasteiger partial charge is 0.339 e. The van der Waals surface area contributed by atoms with Crippen molar-refractivity contribution in [3.8, 4) is 0 Å². The number of aryl methyl sites for hydroxylation is 1. The predicted molar refractivity (Wildman–Crippen MR) is 69.9 cm³/mol. The molecule has 0 atom stereocenters. The number of nitrogens with zero attached hydrogens (tertiary/aromatic N) is 1. The lowest BCUT2D eigenvalue weighted by Crippen LogP contribution is -2.32. The van der Waals surface area contributed by atoms with E-state index in [4.69, 9.17) is 4.74 Å². The first-order valence-electron chi connectivity index (χ1n) is 5.74. The van der Waals surface area contributed by atoms with Gasteiger partial charge in [0.1, 0.15) is 5.82 Å². The van der Waals surface area contributed by atoms with Crippen molar-refractivity contribution in [2.75, 3.05) is 26.1 Å². The molecule has 0 amide bonds. The van der Waals surface area contributed by atoms with E-state index in [1.54, 1.807) is 26.2 Å². The number of methoxy groups -OCH3 is 2. The molecule has 0 bridgehead atoms. The van der Waals surface area contributed by atoms with E-state index in [0.717, 1.165) is 0 Å². The molecule has 1 aromatic rings. The fraction of sp³-hybridized carbons (Fsp3) is 0.538. The lowest BCUT2D eigenvalue weighted by Gasteiger charge is -2.23. The van der Waals surface area contributed by atoms with Crippen LogP contribution in [0.3, 0.4) is 0 Å². The summed E-state index contributed by atoms with van der Waals surface area (Å²) in [6.07, 6.45) is 0. The van der Waals surface area contributed by atoms with Crippen molar-refractivity contribution in [2.45, 2.75) is 26.4 Å². The number of anilines is 1. The van der Waals surface area contributed by atoms with Gasteiger partial charge in [0.15, 0.2) is 0 Å². The Balaban J connectivity index is 2.76. The molecule has 1 rings (SSSR count). The summed E-state index contributed by atoms with van der Waals surface area (Å²) in [5, 5.41) is 3.17. The van der Waals surface area contributed by atoms with Crippen LogP contribution in [0.1, 0.15) is 29.9 Å². The van der Waals surface area contributed by atoms with Gasteiger partial charge in [-0.1, -0.05) is 0 Å². The predicted octanol–water partition coefficient (Wildman–Crippen LogP) is 2.01. The van der Waals surface area contributed by atoms with Gasteiger partial charge in [0, 0.05) is 13.7 Å². The van der Waals surface area contributed by atoms with Crippen molar-refractivity contribution in [2.24, 2.45) is 0 Å². The summed E-state index contributed by atoms with van der Waals surface area (Å²) in [7, 11) is 3.02. The summed E-state index contributed by atoms with van der Waals surface area (Å²) in [6.45, 7) is 6.37. The number of esters is 1. The van der Waals surface area contributed by atoms with Crippen molar-refractivity contribution < 1.29 is 14.3 Å². The molecule has 0 saturated heterocycles. The largest absolute Gasteiger partial charge is 0.465 e. The first-order valence-corrected chi connectivity index (χ1v) is 5.74. The average Bonchev–Trinajstić information content (AvgIpc) is 2.36. The first-order chi connectivity index (χ1) is 8.39. The molecule has 0 unspecified atom stereocenters. The summed E-state index contributed by atoms with van der Waals surface area (Å²) >= 11 is 0. The minimum atomic E-state index is -0.372. The van der Waals surface area contributed by atoms with Gasteiger partial charge >= 0.3 is 5.97 Å². The van der Waals surface area contributed by atoms with Gasteiger partial charge in [-0.2, -0.15) is 0 Å². The first kappa shape index (κ1) is 14.4. The monoisotopic (exact) mass is 252 g/mol. The Morgan fingerprint density at radius 1 is 1.39 bits per heavy atom. The summed E-state index contributed by atoms with van der Waals surface area (Å²) in [4.78, 5) is 15.7. The fourth-order valence-electron chi connectivity index (χ4n) is 1.36. The third kappa shape index (κ3) is 3.70. The zero-order valence-electron chi connectivity index (χ0n) is 11.5. The highest BCUT2D eigenvalue weighted by molar-refractivity contribution is 5.90. The van der Waals surface area contributed by atoms with Gasteiger partial charge in [0.2, 0.25) is 0 Å². The Morgan fingerprint density at radius 2 is 2.06 bits per heavy atom. The van der Waals surface area contributed by atoms with E-state index in [0.29, 0.717) is 23.6 Å². The van der Waals surface area contributed by atoms with Crippen LogP contribution in [0.15, 0.2) is 12.1 Å². The molecule has 0 aliphatic rings. The molecule has 0 saturated carbocycles. The lowest BCUT2D eigenvalue weighted by atomic mass is 10.1. The molecule has 0 radical (unpaired) electrons. The number of hydrogen-bond donors (Lipinski definition) is 1. The number of rotatable bonds is 5. The lowest BCUT2D eigenvalue weighted by molar-refractivity contribution is 0.0343. The van der Waals surface area contributed by atoms with Crippen LogP contribution < -0.4 is 5.32 Å². The highest BCUT2D eigenvalue weighted by Gasteiger charge is 2.16. The Hall–Kier alpha value is -1.62. The molecule has 0 fully saturated rings. The van der Waals surface area contributed by atoms with E-state index < -0.39 is 0 Å². The number of aromatic nitrogens is 1.